The van der Waals surface area contributed by atoms with Crippen LogP contribution in [0.2, 0.25) is 5.02 Å². The van der Waals surface area contributed by atoms with Crippen molar-refractivity contribution in [2.75, 3.05) is 17.7 Å². The topological polar surface area (TPSA) is 35.9 Å². The third-order valence-corrected chi connectivity index (χ3v) is 5.83. The van der Waals surface area contributed by atoms with Crippen LogP contribution in [-0.4, -0.2) is 34.9 Å². The van der Waals surface area contributed by atoms with Gasteiger partial charge in [-0.25, -0.2) is 9.38 Å². The summed E-state index contributed by atoms with van der Waals surface area (Å²) in [4.78, 5) is 20.2. The summed E-state index contributed by atoms with van der Waals surface area (Å²) in [7, 11) is 1.85. The van der Waals surface area contributed by atoms with Gasteiger partial charge in [-0.2, -0.15) is 0 Å². The molecule has 3 rings (SSSR count). The molecule has 1 aliphatic heterocycles. The number of nitrogens with zero attached hydrogens (tertiary/aromatic N) is 3. The van der Waals surface area contributed by atoms with Crippen LogP contribution >= 0.6 is 39.3 Å². The maximum atomic E-state index is 14.4. The molecular weight excluding hydrogens is 441 g/mol. The predicted molar refractivity (Wildman–Crippen MR) is 110 cm³/mol. The van der Waals surface area contributed by atoms with Crippen molar-refractivity contribution in [3.8, 4) is 0 Å². The summed E-state index contributed by atoms with van der Waals surface area (Å²) in [5, 5.41) is 1.07. The predicted octanol–water partition coefficient (Wildman–Crippen LogP) is 5.29. The van der Waals surface area contributed by atoms with Gasteiger partial charge in [0.15, 0.2) is 5.17 Å². The number of rotatable bonds is 3. The summed E-state index contributed by atoms with van der Waals surface area (Å²) in [6.07, 6.45) is -0.331. The van der Waals surface area contributed by atoms with Crippen molar-refractivity contribution < 1.29 is 9.18 Å². The number of halogens is 3. The zero-order valence-corrected chi connectivity index (χ0v) is 17.3. The Kier molecular flexibility index (Phi) is 5.89. The van der Waals surface area contributed by atoms with Crippen LogP contribution in [0.15, 0.2) is 51.9 Å². The van der Waals surface area contributed by atoms with Gasteiger partial charge >= 0.3 is 0 Å². The zero-order valence-electron chi connectivity index (χ0n) is 14.1. The summed E-state index contributed by atoms with van der Waals surface area (Å²) in [5.41, 5.74) is 1.03. The highest BCUT2D eigenvalue weighted by Gasteiger charge is 2.35. The quantitative estimate of drug-likeness (QED) is 0.630. The number of carbonyl (C=O) groups is 1. The van der Waals surface area contributed by atoms with Crippen LogP contribution in [-0.2, 0) is 4.79 Å². The molecule has 0 spiro atoms. The smallest absolute Gasteiger partial charge is 0.225 e. The molecule has 1 aliphatic rings. The van der Waals surface area contributed by atoms with Gasteiger partial charge in [0, 0.05) is 29.2 Å². The minimum atomic E-state index is -0.524. The average molecular weight is 457 g/mol. The molecule has 1 heterocycles. The van der Waals surface area contributed by atoms with Gasteiger partial charge in [-0.15, -0.1) is 0 Å². The van der Waals surface area contributed by atoms with Gasteiger partial charge < -0.3 is 4.90 Å². The lowest BCUT2D eigenvalue weighted by Gasteiger charge is -2.33. The van der Waals surface area contributed by atoms with Crippen LogP contribution in [0.5, 0.6) is 0 Å². The van der Waals surface area contributed by atoms with Crippen molar-refractivity contribution in [1.29, 1.82) is 0 Å². The fraction of sp³-hybridized carbons (Fsp3) is 0.222. The van der Waals surface area contributed by atoms with Crippen molar-refractivity contribution in [3.05, 3.63) is 57.8 Å². The molecule has 8 heteroatoms. The van der Waals surface area contributed by atoms with Gasteiger partial charge in [0.05, 0.1) is 11.4 Å². The summed E-state index contributed by atoms with van der Waals surface area (Å²) in [6.45, 7) is 1.43. The van der Waals surface area contributed by atoms with Crippen molar-refractivity contribution >= 4 is 61.7 Å². The lowest BCUT2D eigenvalue weighted by molar-refractivity contribution is -0.117. The molecule has 1 atom stereocenters. The molecule has 1 amide bonds. The molecule has 1 fully saturated rings. The van der Waals surface area contributed by atoms with Crippen LogP contribution in [0, 0.1) is 5.82 Å². The van der Waals surface area contributed by atoms with Crippen LogP contribution in [0.3, 0.4) is 0 Å². The zero-order chi connectivity index (χ0) is 18.8. The molecule has 0 bridgehead atoms. The van der Waals surface area contributed by atoms with E-state index < -0.39 is 5.82 Å². The molecule has 0 saturated carbocycles. The van der Waals surface area contributed by atoms with Crippen molar-refractivity contribution in [2.24, 2.45) is 4.99 Å². The minimum absolute atomic E-state index is 0.212. The Balaban J connectivity index is 1.90. The van der Waals surface area contributed by atoms with Gasteiger partial charge in [-0.3, -0.25) is 9.69 Å². The van der Waals surface area contributed by atoms with E-state index in [2.05, 4.69) is 20.9 Å². The Hall–Kier alpha value is -1.57. The average Bonchev–Trinajstić information content (AvgIpc) is 2.93. The fourth-order valence-corrected chi connectivity index (χ4v) is 4.28. The molecule has 1 saturated heterocycles. The highest BCUT2D eigenvalue weighted by atomic mass is 79.9. The first-order chi connectivity index (χ1) is 12.4. The Morgan fingerprint density at radius 1 is 1.35 bits per heavy atom. The van der Waals surface area contributed by atoms with E-state index in [0.29, 0.717) is 10.8 Å². The molecule has 2 aromatic carbocycles. The molecule has 0 N–H and O–H groups in total. The monoisotopic (exact) mass is 455 g/mol. The summed E-state index contributed by atoms with van der Waals surface area (Å²) >= 11 is 10.8. The Bertz CT molecular complexity index is 862. The van der Waals surface area contributed by atoms with E-state index >= 15 is 0 Å². The number of hydrogen-bond donors (Lipinski definition) is 0. The van der Waals surface area contributed by atoms with E-state index in [1.807, 2.05) is 36.2 Å². The van der Waals surface area contributed by atoms with Crippen LogP contribution in [0.1, 0.15) is 6.92 Å². The number of amides is 1. The van der Waals surface area contributed by atoms with E-state index in [4.69, 9.17) is 11.6 Å². The first-order valence-electron chi connectivity index (χ1n) is 7.81. The van der Waals surface area contributed by atoms with Crippen LogP contribution in [0.4, 0.5) is 15.8 Å². The standard InChI is InChI=1S/C18H16BrClFN3OS/c1-11(25)24(16-8-5-13(20)9-15(16)21)17-10-26-18(23(17)2)22-14-6-3-12(19)4-7-14/h3-9,17H,10H2,1-2H3. The van der Waals surface area contributed by atoms with Gasteiger partial charge in [-0.1, -0.05) is 39.3 Å². The second-order valence-electron chi connectivity index (χ2n) is 5.76. The van der Waals surface area contributed by atoms with E-state index in [1.54, 1.807) is 6.07 Å². The van der Waals surface area contributed by atoms with Crippen LogP contribution in [0.25, 0.3) is 0 Å². The Morgan fingerprint density at radius 2 is 2.04 bits per heavy atom. The summed E-state index contributed by atoms with van der Waals surface area (Å²) in [5.74, 6) is -0.175. The lowest BCUT2D eigenvalue weighted by Crippen LogP contribution is -2.48. The largest absolute Gasteiger partial charge is 0.333 e. The lowest BCUT2D eigenvalue weighted by atomic mass is 10.2. The molecule has 26 heavy (non-hydrogen) atoms. The third kappa shape index (κ3) is 4.05. The molecule has 0 aliphatic carbocycles. The molecule has 136 valence electrons. The number of anilines is 1. The highest BCUT2D eigenvalue weighted by Crippen LogP contribution is 2.32. The summed E-state index contributed by atoms with van der Waals surface area (Å²) in [6, 6.07) is 12.0. The number of benzene rings is 2. The number of carbonyl (C=O) groups excluding carboxylic acids is 1. The van der Waals surface area contributed by atoms with Gasteiger partial charge in [0.2, 0.25) is 5.91 Å². The second kappa shape index (κ2) is 7.98. The minimum Gasteiger partial charge on any atom is -0.333 e. The first-order valence-corrected chi connectivity index (χ1v) is 9.97. The number of thioether (sulfide) groups is 1. The highest BCUT2D eigenvalue weighted by molar-refractivity contribution is 9.10. The Labute approximate surface area is 169 Å². The normalized spacial score (nSPS) is 18.4. The van der Waals surface area contributed by atoms with Gasteiger partial charge in [-0.05, 0) is 42.5 Å². The van der Waals surface area contributed by atoms with Gasteiger partial charge in [0.25, 0.3) is 0 Å². The number of hydrogen-bond acceptors (Lipinski definition) is 3. The molecule has 1 unspecified atom stereocenters. The van der Waals surface area contributed by atoms with Crippen molar-refractivity contribution in [1.82, 2.24) is 4.90 Å². The SMILES string of the molecule is CC(=O)N(c1ccc(Cl)cc1F)C1CSC(=Nc2ccc(Br)cc2)N1C. The fourth-order valence-electron chi connectivity index (χ4n) is 2.69. The van der Waals surface area contributed by atoms with Crippen LogP contribution < -0.4 is 4.90 Å². The van der Waals surface area contributed by atoms with E-state index in [9.17, 15) is 9.18 Å². The second-order valence-corrected chi connectivity index (χ2v) is 8.10. The molecule has 4 nitrogen and oxygen atoms in total. The molecule has 2 aromatic rings. The molecular formula is C18H16BrClFN3OS. The Morgan fingerprint density at radius 3 is 2.65 bits per heavy atom. The molecule has 0 aromatic heterocycles. The van der Waals surface area contributed by atoms with E-state index in [0.717, 1.165) is 15.3 Å². The maximum Gasteiger partial charge on any atom is 0.225 e. The summed E-state index contributed by atoms with van der Waals surface area (Å²) < 4.78 is 15.4. The molecule has 0 radical (unpaired) electrons. The first kappa shape index (κ1) is 19.2. The van der Waals surface area contributed by atoms with Crippen molar-refractivity contribution in [2.45, 2.75) is 13.1 Å². The third-order valence-electron chi connectivity index (χ3n) is 3.97. The van der Waals surface area contributed by atoms with Gasteiger partial charge in [0.1, 0.15) is 12.0 Å². The number of amidine groups is 1. The number of aliphatic imine (C=N–C) groups is 1. The van der Waals surface area contributed by atoms with E-state index in [-0.39, 0.29) is 17.8 Å². The van der Waals surface area contributed by atoms with Crippen molar-refractivity contribution in [3.63, 3.8) is 0 Å². The van der Waals surface area contributed by atoms with E-state index in [1.165, 1.54) is 35.7 Å². The maximum absolute atomic E-state index is 14.4.